The third kappa shape index (κ3) is 4.69. The van der Waals surface area contributed by atoms with Crippen LogP contribution in [0.25, 0.3) is 0 Å². The topological polar surface area (TPSA) is 12.0 Å². The highest BCUT2D eigenvalue weighted by Gasteiger charge is 2.29. The Morgan fingerprint density at radius 1 is 1.29 bits per heavy atom. The Bertz CT molecular complexity index is 449. The second-order valence-electron chi connectivity index (χ2n) is 6.35. The van der Waals surface area contributed by atoms with Crippen LogP contribution in [-0.4, -0.2) is 12.6 Å². The van der Waals surface area contributed by atoms with Gasteiger partial charge >= 0.3 is 0 Å². The fraction of sp³-hybridized carbons (Fsp3) is 0.667. The fourth-order valence-corrected chi connectivity index (χ4v) is 3.73. The second-order valence-corrected chi connectivity index (χ2v) is 6.76. The molecule has 0 aromatic heterocycles. The quantitative estimate of drug-likeness (QED) is 0.760. The van der Waals surface area contributed by atoms with Crippen LogP contribution in [-0.2, 0) is 6.42 Å². The molecule has 118 valence electrons. The smallest absolute Gasteiger partial charge is 0.123 e. The zero-order valence-electron chi connectivity index (χ0n) is 13.2. The molecule has 1 aromatic carbocycles. The van der Waals surface area contributed by atoms with Gasteiger partial charge in [0.1, 0.15) is 5.82 Å². The van der Waals surface area contributed by atoms with Crippen LogP contribution in [0, 0.1) is 17.7 Å². The van der Waals surface area contributed by atoms with Gasteiger partial charge in [0.2, 0.25) is 0 Å². The van der Waals surface area contributed by atoms with E-state index in [1.54, 1.807) is 12.1 Å². The molecule has 21 heavy (non-hydrogen) atoms. The van der Waals surface area contributed by atoms with Crippen molar-refractivity contribution in [3.05, 3.63) is 34.6 Å². The van der Waals surface area contributed by atoms with Gasteiger partial charge in [-0.1, -0.05) is 31.9 Å². The monoisotopic (exact) mass is 311 g/mol. The minimum absolute atomic E-state index is 0.185. The summed E-state index contributed by atoms with van der Waals surface area (Å²) in [6.07, 6.45) is 7.05. The van der Waals surface area contributed by atoms with Crippen molar-refractivity contribution >= 4 is 11.6 Å². The molecule has 0 spiro atoms. The van der Waals surface area contributed by atoms with E-state index in [-0.39, 0.29) is 5.82 Å². The van der Waals surface area contributed by atoms with Crippen molar-refractivity contribution in [2.75, 3.05) is 6.54 Å². The first kappa shape index (κ1) is 16.8. The fourth-order valence-electron chi connectivity index (χ4n) is 3.54. The minimum Gasteiger partial charge on any atom is -0.314 e. The van der Waals surface area contributed by atoms with Crippen LogP contribution in [0.5, 0.6) is 0 Å². The third-order valence-electron chi connectivity index (χ3n) is 4.81. The van der Waals surface area contributed by atoms with Crippen molar-refractivity contribution in [1.29, 1.82) is 0 Å². The van der Waals surface area contributed by atoms with Crippen LogP contribution in [0.4, 0.5) is 4.39 Å². The molecule has 0 radical (unpaired) electrons. The van der Waals surface area contributed by atoms with Crippen LogP contribution in [0.2, 0.25) is 5.02 Å². The average Bonchev–Trinajstić information content (AvgIpc) is 2.49. The summed E-state index contributed by atoms with van der Waals surface area (Å²) < 4.78 is 13.5. The van der Waals surface area contributed by atoms with Crippen LogP contribution in [0.3, 0.4) is 0 Å². The summed E-state index contributed by atoms with van der Waals surface area (Å²) in [6, 6.07) is 5.27. The lowest BCUT2D eigenvalue weighted by atomic mass is 9.74. The molecule has 3 atom stereocenters. The van der Waals surface area contributed by atoms with Crippen molar-refractivity contribution in [1.82, 2.24) is 5.32 Å². The maximum Gasteiger partial charge on any atom is 0.123 e. The van der Waals surface area contributed by atoms with Crippen molar-refractivity contribution in [2.45, 2.75) is 58.4 Å². The molecule has 0 saturated heterocycles. The first-order valence-electron chi connectivity index (χ1n) is 8.31. The number of hydrogen-bond donors (Lipinski definition) is 1. The van der Waals surface area contributed by atoms with E-state index in [2.05, 4.69) is 19.2 Å². The number of halogens is 2. The van der Waals surface area contributed by atoms with Crippen LogP contribution >= 0.6 is 11.6 Å². The van der Waals surface area contributed by atoms with E-state index in [4.69, 9.17) is 11.6 Å². The summed E-state index contributed by atoms with van der Waals surface area (Å²) in [4.78, 5) is 0. The predicted molar refractivity (Wildman–Crippen MR) is 88.3 cm³/mol. The van der Waals surface area contributed by atoms with E-state index in [1.807, 2.05) is 0 Å². The highest BCUT2D eigenvalue weighted by Crippen LogP contribution is 2.34. The molecule has 1 N–H and O–H groups in total. The summed E-state index contributed by atoms with van der Waals surface area (Å²) in [5.74, 6) is 1.19. The number of hydrogen-bond acceptors (Lipinski definition) is 1. The molecule has 3 unspecified atom stereocenters. The predicted octanol–water partition coefficient (Wildman–Crippen LogP) is 5.22. The standard InChI is InChI=1S/C18H27ClFN/c1-3-9-21-18-8-5-13(4-2)10-15(18)11-14-12-16(20)6-7-17(14)19/h6-7,12-13,15,18,21H,3-5,8-11H2,1-2H3. The lowest BCUT2D eigenvalue weighted by Crippen LogP contribution is -2.42. The first-order chi connectivity index (χ1) is 10.1. The van der Waals surface area contributed by atoms with Crippen molar-refractivity contribution in [2.24, 2.45) is 11.8 Å². The lowest BCUT2D eigenvalue weighted by Gasteiger charge is -2.37. The van der Waals surface area contributed by atoms with Gasteiger partial charge < -0.3 is 5.32 Å². The van der Waals surface area contributed by atoms with Gasteiger partial charge in [-0.05, 0) is 74.2 Å². The van der Waals surface area contributed by atoms with Gasteiger partial charge in [0.15, 0.2) is 0 Å². The molecule has 1 nitrogen and oxygen atoms in total. The summed E-state index contributed by atoms with van der Waals surface area (Å²) in [5.41, 5.74) is 0.960. The first-order valence-corrected chi connectivity index (χ1v) is 8.69. The van der Waals surface area contributed by atoms with E-state index < -0.39 is 0 Å². The Hall–Kier alpha value is -0.600. The molecule has 1 aliphatic rings. The molecule has 2 rings (SSSR count). The van der Waals surface area contributed by atoms with E-state index >= 15 is 0 Å². The molecule has 3 heteroatoms. The molecule has 1 aliphatic carbocycles. The maximum absolute atomic E-state index is 13.5. The largest absolute Gasteiger partial charge is 0.314 e. The van der Waals surface area contributed by atoms with Crippen LogP contribution in [0.1, 0.15) is 51.5 Å². The SMILES string of the molecule is CCCNC1CCC(CC)CC1Cc1cc(F)ccc1Cl. The van der Waals surface area contributed by atoms with Gasteiger partial charge in [-0.2, -0.15) is 0 Å². The Morgan fingerprint density at radius 3 is 2.81 bits per heavy atom. The van der Waals surface area contributed by atoms with Gasteiger partial charge in [0, 0.05) is 11.1 Å². The van der Waals surface area contributed by atoms with Crippen LogP contribution in [0.15, 0.2) is 18.2 Å². The molecule has 1 saturated carbocycles. The number of rotatable bonds is 6. The molecule has 0 aliphatic heterocycles. The Morgan fingerprint density at radius 2 is 2.10 bits per heavy atom. The van der Waals surface area contributed by atoms with Crippen LogP contribution < -0.4 is 5.32 Å². The van der Waals surface area contributed by atoms with E-state index in [0.717, 1.165) is 30.9 Å². The molecule has 1 fully saturated rings. The normalized spacial score (nSPS) is 26.0. The molecule has 1 aromatic rings. The Labute approximate surface area is 133 Å². The molecule has 0 bridgehead atoms. The number of benzene rings is 1. The van der Waals surface area contributed by atoms with Gasteiger partial charge in [-0.25, -0.2) is 4.39 Å². The average molecular weight is 312 g/mol. The number of nitrogens with one attached hydrogen (secondary N) is 1. The van der Waals surface area contributed by atoms with E-state index in [1.165, 1.54) is 31.7 Å². The summed E-state index contributed by atoms with van der Waals surface area (Å²) in [5, 5.41) is 4.38. The summed E-state index contributed by atoms with van der Waals surface area (Å²) >= 11 is 6.25. The minimum atomic E-state index is -0.185. The van der Waals surface area contributed by atoms with E-state index in [9.17, 15) is 4.39 Å². The Kier molecular flexibility index (Phi) is 6.50. The highest BCUT2D eigenvalue weighted by atomic mass is 35.5. The van der Waals surface area contributed by atoms with E-state index in [0.29, 0.717) is 17.0 Å². The van der Waals surface area contributed by atoms with Gasteiger partial charge in [0.25, 0.3) is 0 Å². The third-order valence-corrected chi connectivity index (χ3v) is 5.18. The molecular formula is C18H27ClFN. The highest BCUT2D eigenvalue weighted by molar-refractivity contribution is 6.31. The zero-order chi connectivity index (χ0) is 15.2. The van der Waals surface area contributed by atoms with Gasteiger partial charge in [0.05, 0.1) is 0 Å². The van der Waals surface area contributed by atoms with Gasteiger partial charge in [-0.15, -0.1) is 0 Å². The van der Waals surface area contributed by atoms with Gasteiger partial charge in [-0.3, -0.25) is 0 Å². The second kappa shape index (κ2) is 8.14. The molecular weight excluding hydrogens is 285 g/mol. The molecule has 0 heterocycles. The maximum atomic E-state index is 13.5. The zero-order valence-corrected chi connectivity index (χ0v) is 13.9. The summed E-state index contributed by atoms with van der Waals surface area (Å²) in [7, 11) is 0. The molecule has 0 amide bonds. The summed E-state index contributed by atoms with van der Waals surface area (Å²) in [6.45, 7) is 5.54. The van der Waals surface area contributed by atoms with Crippen molar-refractivity contribution in [3.63, 3.8) is 0 Å². The van der Waals surface area contributed by atoms with Crippen molar-refractivity contribution in [3.8, 4) is 0 Å². The van der Waals surface area contributed by atoms with Crippen molar-refractivity contribution < 1.29 is 4.39 Å². The Balaban J connectivity index is 2.09. The lowest BCUT2D eigenvalue weighted by molar-refractivity contribution is 0.198.